The van der Waals surface area contributed by atoms with Crippen molar-refractivity contribution in [3.05, 3.63) is 59.4 Å². The molecular weight excluding hydrogens is 320 g/mol. The lowest BCUT2D eigenvalue weighted by molar-refractivity contribution is -0.137. The molecule has 2 aromatic heterocycles. The Labute approximate surface area is 144 Å². The molecule has 0 radical (unpaired) electrons. The van der Waals surface area contributed by atoms with Crippen LogP contribution in [0.15, 0.2) is 42.5 Å². The zero-order chi connectivity index (χ0) is 18.0. The highest BCUT2D eigenvalue weighted by Crippen LogP contribution is 2.22. The number of nitrogens with zero attached hydrogens (tertiary/aromatic N) is 2. The van der Waals surface area contributed by atoms with Gasteiger partial charge in [0.2, 0.25) is 0 Å². The Kier molecular flexibility index (Phi) is 4.38. The lowest BCUT2D eigenvalue weighted by Crippen LogP contribution is -2.18. The summed E-state index contributed by atoms with van der Waals surface area (Å²) in [7, 11) is 0. The molecule has 3 aromatic rings. The topological polar surface area (TPSA) is 100 Å². The van der Waals surface area contributed by atoms with E-state index in [4.69, 9.17) is 5.11 Å². The number of rotatable bonds is 5. The quantitative estimate of drug-likeness (QED) is 0.666. The minimum atomic E-state index is -1.03. The number of carbonyl (C=O) groups excluding carboxylic acids is 1. The van der Waals surface area contributed by atoms with Gasteiger partial charge in [-0.25, -0.2) is 4.68 Å². The van der Waals surface area contributed by atoms with E-state index in [9.17, 15) is 9.59 Å². The first-order valence-corrected chi connectivity index (χ1v) is 7.76. The molecule has 7 nitrogen and oxygen atoms in total. The highest BCUT2D eigenvalue weighted by molar-refractivity contribution is 6.05. The van der Waals surface area contributed by atoms with Gasteiger partial charge in [-0.15, -0.1) is 0 Å². The van der Waals surface area contributed by atoms with Crippen LogP contribution in [-0.4, -0.2) is 31.7 Å². The molecule has 0 aliphatic heterocycles. The predicted molar refractivity (Wildman–Crippen MR) is 93.5 cm³/mol. The van der Waals surface area contributed by atoms with Crippen LogP contribution in [0.5, 0.6) is 0 Å². The first kappa shape index (κ1) is 16.5. The van der Waals surface area contributed by atoms with Crippen LogP contribution in [0.1, 0.15) is 21.7 Å². The highest BCUT2D eigenvalue weighted by Gasteiger charge is 2.17. The van der Waals surface area contributed by atoms with Crippen molar-refractivity contribution in [1.29, 1.82) is 0 Å². The van der Waals surface area contributed by atoms with Crippen LogP contribution in [0.2, 0.25) is 0 Å². The second-order valence-corrected chi connectivity index (χ2v) is 5.76. The fourth-order valence-corrected chi connectivity index (χ4v) is 2.65. The van der Waals surface area contributed by atoms with E-state index in [2.05, 4.69) is 15.4 Å². The second kappa shape index (κ2) is 6.64. The number of hydrogen-bond acceptors (Lipinski definition) is 3. The Bertz CT molecular complexity index is 925. The smallest absolute Gasteiger partial charge is 0.325 e. The van der Waals surface area contributed by atoms with Crippen LogP contribution in [0, 0.1) is 13.8 Å². The summed E-state index contributed by atoms with van der Waals surface area (Å²) in [5.41, 5.74) is 3.69. The van der Waals surface area contributed by atoms with E-state index < -0.39 is 5.97 Å². The number of anilines is 1. The van der Waals surface area contributed by atoms with Crippen LogP contribution < -0.4 is 5.32 Å². The number of aromatic amines is 1. The molecule has 0 aliphatic rings. The second-order valence-electron chi connectivity index (χ2n) is 5.76. The van der Waals surface area contributed by atoms with E-state index in [1.54, 1.807) is 19.1 Å². The van der Waals surface area contributed by atoms with E-state index in [1.165, 1.54) is 4.68 Å². The summed E-state index contributed by atoms with van der Waals surface area (Å²) in [5.74, 6) is -0.989. The van der Waals surface area contributed by atoms with E-state index in [0.29, 0.717) is 17.1 Å². The van der Waals surface area contributed by atoms with Gasteiger partial charge in [0.25, 0.3) is 5.91 Å². The summed E-state index contributed by atoms with van der Waals surface area (Å²) < 4.78 is 1.26. The van der Waals surface area contributed by atoms with Crippen molar-refractivity contribution < 1.29 is 14.7 Å². The average molecular weight is 338 g/mol. The number of aliphatic carboxylic acids is 1. The number of amides is 1. The first-order chi connectivity index (χ1) is 11.9. The van der Waals surface area contributed by atoms with Crippen LogP contribution in [-0.2, 0) is 11.3 Å². The molecule has 0 fully saturated rings. The average Bonchev–Trinajstić information content (AvgIpc) is 3.10. The number of carboxylic acid groups (broad SMARTS) is 1. The van der Waals surface area contributed by atoms with Crippen LogP contribution in [0.4, 0.5) is 5.82 Å². The van der Waals surface area contributed by atoms with Crippen molar-refractivity contribution in [1.82, 2.24) is 14.8 Å². The Morgan fingerprint density at radius 1 is 1.20 bits per heavy atom. The number of aryl methyl sites for hydroxylation is 2. The lowest BCUT2D eigenvalue weighted by atomic mass is 10.1. The van der Waals surface area contributed by atoms with Gasteiger partial charge in [-0.2, -0.15) is 5.10 Å². The maximum Gasteiger partial charge on any atom is 0.325 e. The van der Waals surface area contributed by atoms with Crippen molar-refractivity contribution in [2.45, 2.75) is 20.4 Å². The van der Waals surface area contributed by atoms with Crippen LogP contribution in [0.25, 0.3) is 11.3 Å². The molecule has 0 saturated heterocycles. The highest BCUT2D eigenvalue weighted by atomic mass is 16.4. The number of H-pyrrole nitrogens is 1. The third-order valence-electron chi connectivity index (χ3n) is 3.77. The molecule has 0 saturated carbocycles. The Morgan fingerprint density at radius 3 is 2.60 bits per heavy atom. The van der Waals surface area contributed by atoms with Crippen molar-refractivity contribution in [2.24, 2.45) is 0 Å². The Morgan fingerprint density at radius 2 is 1.92 bits per heavy atom. The molecule has 0 spiro atoms. The zero-order valence-electron chi connectivity index (χ0n) is 13.9. The van der Waals surface area contributed by atoms with E-state index >= 15 is 0 Å². The number of carboxylic acids is 1. The van der Waals surface area contributed by atoms with Gasteiger partial charge in [-0.05, 0) is 25.5 Å². The fraction of sp³-hybridized carbons (Fsp3) is 0.167. The summed E-state index contributed by atoms with van der Waals surface area (Å²) >= 11 is 0. The summed E-state index contributed by atoms with van der Waals surface area (Å²) in [6, 6.07) is 13.1. The van der Waals surface area contributed by atoms with E-state index in [0.717, 1.165) is 17.0 Å². The molecule has 0 aliphatic carbocycles. The zero-order valence-corrected chi connectivity index (χ0v) is 13.9. The van der Waals surface area contributed by atoms with Gasteiger partial charge >= 0.3 is 5.97 Å². The first-order valence-electron chi connectivity index (χ1n) is 7.76. The van der Waals surface area contributed by atoms with Crippen molar-refractivity contribution in [2.75, 3.05) is 5.32 Å². The standard InChI is InChI=1S/C18H18N4O3/c1-11-8-16(22(21-11)10-17(23)24)20-18(25)14-9-15(19-12(14)2)13-6-4-3-5-7-13/h3-9,19H,10H2,1-2H3,(H,20,25)(H,23,24). The van der Waals surface area contributed by atoms with Crippen LogP contribution in [0.3, 0.4) is 0 Å². The molecule has 1 aromatic carbocycles. The molecule has 0 atom stereocenters. The third-order valence-corrected chi connectivity index (χ3v) is 3.77. The molecule has 128 valence electrons. The Balaban J connectivity index is 1.85. The van der Waals surface area contributed by atoms with Gasteiger partial charge < -0.3 is 15.4 Å². The van der Waals surface area contributed by atoms with E-state index in [-0.39, 0.29) is 12.5 Å². The van der Waals surface area contributed by atoms with Gasteiger partial charge in [-0.1, -0.05) is 30.3 Å². The monoisotopic (exact) mass is 338 g/mol. The maximum atomic E-state index is 12.6. The lowest BCUT2D eigenvalue weighted by Gasteiger charge is -2.06. The predicted octanol–water partition coefficient (Wildman–Crippen LogP) is 2.83. The summed E-state index contributed by atoms with van der Waals surface area (Å²) in [5, 5.41) is 15.8. The SMILES string of the molecule is Cc1cc(NC(=O)c2cc(-c3ccccc3)[nH]c2C)n(CC(=O)O)n1. The molecule has 3 rings (SSSR count). The number of hydrogen-bond donors (Lipinski definition) is 3. The van der Waals surface area contributed by atoms with Gasteiger partial charge in [0, 0.05) is 17.5 Å². The maximum absolute atomic E-state index is 12.6. The number of benzene rings is 1. The van der Waals surface area contributed by atoms with Gasteiger partial charge in [0.05, 0.1) is 11.3 Å². The number of carbonyl (C=O) groups is 2. The molecule has 3 N–H and O–H groups in total. The van der Waals surface area contributed by atoms with E-state index in [1.807, 2.05) is 37.3 Å². The van der Waals surface area contributed by atoms with Gasteiger partial charge in [0.15, 0.2) is 0 Å². The Hall–Kier alpha value is -3.35. The molecule has 2 heterocycles. The molecule has 0 bridgehead atoms. The van der Waals surface area contributed by atoms with Crippen molar-refractivity contribution in [3.63, 3.8) is 0 Å². The summed E-state index contributed by atoms with van der Waals surface area (Å²) in [6.45, 7) is 3.25. The minimum Gasteiger partial charge on any atom is -0.480 e. The van der Waals surface area contributed by atoms with Crippen molar-refractivity contribution >= 4 is 17.7 Å². The molecule has 7 heteroatoms. The summed E-state index contributed by atoms with van der Waals surface area (Å²) in [4.78, 5) is 26.7. The molecule has 1 amide bonds. The molecule has 0 unspecified atom stereocenters. The minimum absolute atomic E-state index is 0.315. The molecular formula is C18H18N4O3. The fourth-order valence-electron chi connectivity index (χ4n) is 2.65. The number of nitrogens with one attached hydrogen (secondary N) is 2. The van der Waals surface area contributed by atoms with Crippen LogP contribution >= 0.6 is 0 Å². The number of aromatic nitrogens is 3. The van der Waals surface area contributed by atoms with Crippen molar-refractivity contribution in [3.8, 4) is 11.3 Å². The van der Waals surface area contributed by atoms with Gasteiger partial charge in [-0.3, -0.25) is 9.59 Å². The van der Waals surface area contributed by atoms with Gasteiger partial charge in [0.1, 0.15) is 12.4 Å². The third kappa shape index (κ3) is 3.60. The summed E-state index contributed by atoms with van der Waals surface area (Å²) in [6.07, 6.45) is 0. The largest absolute Gasteiger partial charge is 0.480 e. The normalized spacial score (nSPS) is 10.6. The molecule has 25 heavy (non-hydrogen) atoms.